The molecule has 0 amide bonds. The van der Waals surface area contributed by atoms with Gasteiger partial charge in [-0.25, -0.2) is 12.8 Å². The number of nitrogens with one attached hydrogen (secondary N) is 1. The second kappa shape index (κ2) is 5.50. The molecule has 0 saturated heterocycles. The molecule has 4 nitrogen and oxygen atoms in total. The highest BCUT2D eigenvalue weighted by molar-refractivity contribution is 7.92. The molecular weight excluding hydrogens is 281 g/mol. The largest absolute Gasteiger partial charge is 0.497 e. The van der Waals surface area contributed by atoms with Gasteiger partial charge >= 0.3 is 0 Å². The number of rotatable bonds is 4. The third-order valence-corrected chi connectivity index (χ3v) is 4.15. The van der Waals surface area contributed by atoms with Gasteiger partial charge in [0.25, 0.3) is 10.0 Å². The first kappa shape index (κ1) is 14.3. The highest BCUT2D eigenvalue weighted by Crippen LogP contribution is 2.21. The summed E-state index contributed by atoms with van der Waals surface area (Å²) >= 11 is 0. The summed E-state index contributed by atoms with van der Waals surface area (Å²) in [5, 5.41) is 0. The Balaban J connectivity index is 2.32. The van der Waals surface area contributed by atoms with Crippen LogP contribution >= 0.6 is 0 Å². The van der Waals surface area contributed by atoms with Crippen molar-refractivity contribution in [3.05, 3.63) is 53.8 Å². The third kappa shape index (κ3) is 3.08. The number of halogens is 1. The second-order valence-electron chi connectivity index (χ2n) is 4.25. The Hall–Kier alpha value is -2.08. The first-order chi connectivity index (χ1) is 9.42. The van der Waals surface area contributed by atoms with Crippen molar-refractivity contribution in [2.24, 2.45) is 0 Å². The van der Waals surface area contributed by atoms with Crippen LogP contribution in [-0.4, -0.2) is 15.5 Å². The Morgan fingerprint density at radius 3 is 2.55 bits per heavy atom. The van der Waals surface area contributed by atoms with Crippen LogP contribution < -0.4 is 9.46 Å². The van der Waals surface area contributed by atoms with Gasteiger partial charge in [-0.3, -0.25) is 4.72 Å². The average Bonchev–Trinajstić information content (AvgIpc) is 2.43. The molecule has 0 spiro atoms. The summed E-state index contributed by atoms with van der Waals surface area (Å²) in [6.07, 6.45) is 0. The van der Waals surface area contributed by atoms with Crippen molar-refractivity contribution in [1.82, 2.24) is 0 Å². The highest BCUT2D eigenvalue weighted by Gasteiger charge is 2.15. The number of anilines is 1. The zero-order valence-electron chi connectivity index (χ0n) is 11.1. The van der Waals surface area contributed by atoms with Crippen molar-refractivity contribution in [3.8, 4) is 5.75 Å². The molecule has 0 radical (unpaired) electrons. The number of aryl methyl sites for hydroxylation is 1. The molecule has 0 heterocycles. The number of methoxy groups -OCH3 is 1. The molecule has 0 fully saturated rings. The van der Waals surface area contributed by atoms with Crippen molar-refractivity contribution in [1.29, 1.82) is 0 Å². The van der Waals surface area contributed by atoms with Gasteiger partial charge in [0.2, 0.25) is 0 Å². The van der Waals surface area contributed by atoms with Crippen LogP contribution in [0.25, 0.3) is 0 Å². The molecule has 0 atom stereocenters. The summed E-state index contributed by atoms with van der Waals surface area (Å²) < 4.78 is 45.1. The fourth-order valence-corrected chi connectivity index (χ4v) is 2.72. The number of ether oxygens (including phenoxy) is 1. The second-order valence-corrected chi connectivity index (χ2v) is 5.93. The summed E-state index contributed by atoms with van der Waals surface area (Å²) in [5.41, 5.74) is 0.630. The van der Waals surface area contributed by atoms with Gasteiger partial charge in [0.1, 0.15) is 11.6 Å². The topological polar surface area (TPSA) is 55.4 Å². The molecule has 2 aromatic rings. The van der Waals surface area contributed by atoms with Crippen molar-refractivity contribution in [2.75, 3.05) is 11.8 Å². The maximum absolute atomic E-state index is 13.4. The first-order valence-electron chi connectivity index (χ1n) is 5.85. The van der Waals surface area contributed by atoms with Gasteiger partial charge in [-0.2, -0.15) is 0 Å². The van der Waals surface area contributed by atoms with Crippen LogP contribution in [0.2, 0.25) is 0 Å². The van der Waals surface area contributed by atoms with E-state index in [9.17, 15) is 12.8 Å². The van der Waals surface area contributed by atoms with E-state index in [4.69, 9.17) is 4.74 Å². The number of hydrogen-bond acceptors (Lipinski definition) is 3. The van der Waals surface area contributed by atoms with E-state index < -0.39 is 15.8 Å². The average molecular weight is 295 g/mol. The minimum atomic E-state index is -3.77. The molecule has 106 valence electrons. The lowest BCUT2D eigenvalue weighted by Crippen LogP contribution is -2.13. The van der Waals surface area contributed by atoms with E-state index in [0.29, 0.717) is 11.3 Å². The highest BCUT2D eigenvalue weighted by atomic mass is 32.2. The molecule has 0 saturated carbocycles. The smallest absolute Gasteiger partial charge is 0.262 e. The molecule has 6 heteroatoms. The standard InChI is InChI=1S/C14H14FNO3S/c1-10-6-7-11(8-14(10)15)16-20(17,18)13-5-3-4-12(9-13)19-2/h3-9,16H,1-2H3. The number of benzene rings is 2. The monoisotopic (exact) mass is 295 g/mol. The molecule has 0 aromatic heterocycles. The number of sulfonamides is 1. The van der Waals surface area contributed by atoms with Crippen LogP contribution in [0.5, 0.6) is 5.75 Å². The minimum Gasteiger partial charge on any atom is -0.497 e. The van der Waals surface area contributed by atoms with Gasteiger partial charge in [-0.15, -0.1) is 0 Å². The Morgan fingerprint density at radius 1 is 1.15 bits per heavy atom. The van der Waals surface area contributed by atoms with Crippen molar-refractivity contribution in [3.63, 3.8) is 0 Å². The maximum atomic E-state index is 13.4. The first-order valence-corrected chi connectivity index (χ1v) is 7.34. The molecular formula is C14H14FNO3S. The van der Waals surface area contributed by atoms with Crippen molar-refractivity contribution < 1.29 is 17.5 Å². The van der Waals surface area contributed by atoms with Crippen LogP contribution in [0.3, 0.4) is 0 Å². The molecule has 2 rings (SSSR count). The number of hydrogen-bond donors (Lipinski definition) is 1. The molecule has 0 aliphatic rings. The zero-order chi connectivity index (χ0) is 14.8. The molecule has 1 N–H and O–H groups in total. The fraction of sp³-hybridized carbons (Fsp3) is 0.143. The lowest BCUT2D eigenvalue weighted by atomic mass is 10.2. The maximum Gasteiger partial charge on any atom is 0.262 e. The van der Waals surface area contributed by atoms with E-state index >= 15 is 0 Å². The predicted octanol–water partition coefficient (Wildman–Crippen LogP) is 2.94. The summed E-state index contributed by atoms with van der Waals surface area (Å²) in [5.74, 6) is -0.0289. The van der Waals surface area contributed by atoms with Crippen molar-refractivity contribution in [2.45, 2.75) is 11.8 Å². The Morgan fingerprint density at radius 2 is 1.90 bits per heavy atom. The Labute approximate surface area is 117 Å². The van der Waals surface area contributed by atoms with Crippen LogP contribution in [0.4, 0.5) is 10.1 Å². The summed E-state index contributed by atoms with van der Waals surface area (Å²) in [6.45, 7) is 1.61. The quantitative estimate of drug-likeness (QED) is 0.943. The lowest BCUT2D eigenvalue weighted by molar-refractivity contribution is 0.413. The Kier molecular flexibility index (Phi) is 3.94. The fourth-order valence-electron chi connectivity index (χ4n) is 1.64. The summed E-state index contributed by atoms with van der Waals surface area (Å²) in [6, 6.07) is 10.2. The minimum absolute atomic E-state index is 0.0535. The zero-order valence-corrected chi connectivity index (χ0v) is 11.9. The SMILES string of the molecule is COc1cccc(S(=O)(=O)Nc2ccc(C)c(F)c2)c1. The molecule has 0 aliphatic heterocycles. The van der Waals surface area contributed by atoms with Gasteiger partial charge in [0.15, 0.2) is 0 Å². The molecule has 0 unspecified atom stereocenters. The summed E-state index contributed by atoms with van der Waals surface area (Å²) in [7, 11) is -2.32. The van der Waals surface area contributed by atoms with E-state index in [1.54, 1.807) is 19.1 Å². The molecule has 2 aromatic carbocycles. The van der Waals surface area contributed by atoms with Gasteiger partial charge in [-0.1, -0.05) is 12.1 Å². The Bertz CT molecular complexity index is 729. The van der Waals surface area contributed by atoms with Gasteiger partial charge in [-0.05, 0) is 36.8 Å². The van der Waals surface area contributed by atoms with E-state index in [1.165, 1.54) is 31.4 Å². The van der Waals surface area contributed by atoms with Crippen molar-refractivity contribution >= 4 is 15.7 Å². The summed E-state index contributed by atoms with van der Waals surface area (Å²) in [4.78, 5) is 0.0535. The van der Waals surface area contributed by atoms with Crippen LogP contribution in [0, 0.1) is 12.7 Å². The molecule has 0 aliphatic carbocycles. The van der Waals surface area contributed by atoms with Gasteiger partial charge < -0.3 is 4.74 Å². The normalized spacial score (nSPS) is 11.2. The molecule has 0 bridgehead atoms. The lowest BCUT2D eigenvalue weighted by Gasteiger charge is -2.09. The van der Waals surface area contributed by atoms with E-state index in [0.717, 1.165) is 6.07 Å². The van der Waals surface area contributed by atoms with E-state index in [1.807, 2.05) is 0 Å². The van der Waals surface area contributed by atoms with Crippen LogP contribution in [0.15, 0.2) is 47.4 Å². The predicted molar refractivity (Wildman–Crippen MR) is 74.9 cm³/mol. The third-order valence-electron chi connectivity index (χ3n) is 2.78. The van der Waals surface area contributed by atoms with Gasteiger partial charge in [0, 0.05) is 6.07 Å². The van der Waals surface area contributed by atoms with Crippen LogP contribution in [0.1, 0.15) is 5.56 Å². The van der Waals surface area contributed by atoms with Crippen LogP contribution in [-0.2, 0) is 10.0 Å². The molecule has 20 heavy (non-hydrogen) atoms. The van der Waals surface area contributed by atoms with Gasteiger partial charge in [0.05, 0.1) is 17.7 Å². The van der Waals surface area contributed by atoms with E-state index in [-0.39, 0.29) is 10.6 Å². The van der Waals surface area contributed by atoms with E-state index in [2.05, 4.69) is 4.72 Å².